The van der Waals surface area contributed by atoms with E-state index in [0.717, 1.165) is 5.56 Å². The second kappa shape index (κ2) is 6.31. The van der Waals surface area contributed by atoms with Crippen molar-refractivity contribution < 1.29 is 13.5 Å². The number of hydrogen-bond acceptors (Lipinski definition) is 3. The maximum absolute atomic E-state index is 12.2. The van der Waals surface area contributed by atoms with E-state index in [1.54, 1.807) is 24.3 Å². The van der Waals surface area contributed by atoms with Gasteiger partial charge in [0.05, 0.1) is 12.4 Å². The Balaban J connectivity index is 2.94. The van der Waals surface area contributed by atoms with Gasteiger partial charge in [-0.1, -0.05) is 31.2 Å². The zero-order chi connectivity index (χ0) is 13.8. The highest BCUT2D eigenvalue weighted by Crippen LogP contribution is 2.15. The number of nitrogens with zero attached hydrogens (tertiary/aromatic N) is 1. The average molecular weight is 271 g/mol. The number of aliphatic hydroxyl groups is 1. The lowest BCUT2D eigenvalue weighted by molar-refractivity contribution is 0.281. The first-order valence-corrected chi connectivity index (χ1v) is 7.69. The van der Waals surface area contributed by atoms with Gasteiger partial charge in [0.1, 0.15) is 0 Å². The van der Waals surface area contributed by atoms with Gasteiger partial charge in [0, 0.05) is 12.6 Å². The molecule has 0 radical (unpaired) electrons. The van der Waals surface area contributed by atoms with E-state index in [9.17, 15) is 8.42 Å². The van der Waals surface area contributed by atoms with Crippen LogP contribution in [0.3, 0.4) is 0 Å². The molecule has 0 aromatic heterocycles. The summed E-state index contributed by atoms with van der Waals surface area (Å²) in [4.78, 5) is 0. The van der Waals surface area contributed by atoms with Gasteiger partial charge in [-0.2, -0.15) is 4.31 Å². The van der Waals surface area contributed by atoms with Crippen molar-refractivity contribution in [2.45, 2.75) is 39.2 Å². The van der Waals surface area contributed by atoms with Gasteiger partial charge < -0.3 is 5.11 Å². The molecule has 0 saturated carbocycles. The molecule has 0 bridgehead atoms. The van der Waals surface area contributed by atoms with Gasteiger partial charge in [-0.25, -0.2) is 8.42 Å². The molecule has 1 aromatic carbocycles. The number of benzene rings is 1. The molecule has 0 amide bonds. The third kappa shape index (κ3) is 3.80. The van der Waals surface area contributed by atoms with Gasteiger partial charge in [0.2, 0.25) is 10.0 Å². The topological polar surface area (TPSA) is 57.6 Å². The minimum Gasteiger partial charge on any atom is -0.392 e. The average Bonchev–Trinajstić information content (AvgIpc) is 2.28. The van der Waals surface area contributed by atoms with E-state index >= 15 is 0 Å². The fraction of sp³-hybridized carbons (Fsp3) is 0.538. The maximum atomic E-state index is 12.2. The van der Waals surface area contributed by atoms with Crippen molar-refractivity contribution >= 4 is 10.0 Å². The van der Waals surface area contributed by atoms with E-state index in [0.29, 0.717) is 12.1 Å². The molecular formula is C13H21NO3S. The van der Waals surface area contributed by atoms with Gasteiger partial charge in [-0.05, 0) is 25.0 Å². The highest BCUT2D eigenvalue weighted by molar-refractivity contribution is 7.88. The normalized spacial score (nSPS) is 12.3. The fourth-order valence-corrected chi connectivity index (χ4v) is 3.80. The molecule has 1 rings (SSSR count). The fourth-order valence-electron chi connectivity index (χ4n) is 1.99. The Labute approximate surface area is 109 Å². The summed E-state index contributed by atoms with van der Waals surface area (Å²) < 4.78 is 26.0. The zero-order valence-electron chi connectivity index (χ0n) is 11.1. The van der Waals surface area contributed by atoms with E-state index < -0.39 is 10.0 Å². The van der Waals surface area contributed by atoms with Crippen LogP contribution in [0.4, 0.5) is 0 Å². The summed E-state index contributed by atoms with van der Waals surface area (Å²) in [6.45, 7) is 5.97. The molecule has 0 fully saturated rings. The summed E-state index contributed by atoms with van der Waals surface area (Å²) in [5.41, 5.74) is 1.44. The molecule has 0 aliphatic carbocycles. The lowest BCUT2D eigenvalue weighted by atomic mass is 10.1. The number of sulfonamides is 1. The lowest BCUT2D eigenvalue weighted by Gasteiger charge is -2.24. The van der Waals surface area contributed by atoms with Gasteiger partial charge in [-0.3, -0.25) is 0 Å². The summed E-state index contributed by atoms with van der Waals surface area (Å²) in [7, 11) is -3.30. The Bertz CT molecular complexity index is 483. The second-order valence-electron chi connectivity index (χ2n) is 4.53. The van der Waals surface area contributed by atoms with E-state index in [1.165, 1.54) is 4.31 Å². The third-order valence-corrected chi connectivity index (χ3v) is 4.86. The monoisotopic (exact) mass is 271 g/mol. The number of rotatable bonds is 6. The molecule has 18 heavy (non-hydrogen) atoms. The van der Waals surface area contributed by atoms with Crippen LogP contribution in [0.5, 0.6) is 0 Å². The first-order valence-electron chi connectivity index (χ1n) is 6.09. The first kappa shape index (κ1) is 15.1. The van der Waals surface area contributed by atoms with Crippen LogP contribution in [0.1, 0.15) is 31.9 Å². The number of aliphatic hydroxyl groups excluding tert-OH is 1. The molecule has 0 unspecified atom stereocenters. The zero-order valence-corrected chi connectivity index (χ0v) is 11.9. The van der Waals surface area contributed by atoms with Crippen LogP contribution in [0.25, 0.3) is 0 Å². The Morgan fingerprint density at radius 3 is 2.39 bits per heavy atom. The highest BCUT2D eigenvalue weighted by atomic mass is 32.2. The second-order valence-corrected chi connectivity index (χ2v) is 6.45. The Hall–Kier alpha value is -0.910. The van der Waals surface area contributed by atoms with Crippen LogP contribution >= 0.6 is 0 Å². The molecule has 5 heteroatoms. The highest BCUT2D eigenvalue weighted by Gasteiger charge is 2.23. The van der Waals surface area contributed by atoms with Gasteiger partial charge in [0.15, 0.2) is 0 Å². The van der Waals surface area contributed by atoms with Crippen molar-refractivity contribution in [3.63, 3.8) is 0 Å². The van der Waals surface area contributed by atoms with Gasteiger partial charge in [-0.15, -0.1) is 0 Å². The van der Waals surface area contributed by atoms with Crippen molar-refractivity contribution in [3.8, 4) is 0 Å². The standard InChI is InChI=1S/C13H21NO3S/c1-4-14(11(2)3)18(16,17)10-13-7-5-6-12(8-13)9-15/h5-8,11,15H,4,9-10H2,1-3H3. The van der Waals surface area contributed by atoms with E-state index in [4.69, 9.17) is 5.11 Å². The molecule has 0 spiro atoms. The van der Waals surface area contributed by atoms with Crippen LogP contribution in [0.2, 0.25) is 0 Å². The molecule has 102 valence electrons. The van der Waals surface area contributed by atoms with Crippen LogP contribution in [-0.2, 0) is 22.4 Å². The molecule has 0 atom stereocenters. The van der Waals surface area contributed by atoms with Gasteiger partial charge in [0.25, 0.3) is 0 Å². The molecule has 4 nitrogen and oxygen atoms in total. The smallest absolute Gasteiger partial charge is 0.218 e. The van der Waals surface area contributed by atoms with E-state index in [2.05, 4.69) is 0 Å². The van der Waals surface area contributed by atoms with E-state index in [1.807, 2.05) is 20.8 Å². The summed E-state index contributed by atoms with van der Waals surface area (Å²) in [6.07, 6.45) is 0. The van der Waals surface area contributed by atoms with Crippen molar-refractivity contribution in [2.75, 3.05) is 6.54 Å². The Morgan fingerprint density at radius 2 is 1.89 bits per heavy atom. The maximum Gasteiger partial charge on any atom is 0.218 e. The predicted molar refractivity (Wildman–Crippen MR) is 72.5 cm³/mol. The molecule has 0 aliphatic rings. The molecule has 0 aliphatic heterocycles. The lowest BCUT2D eigenvalue weighted by Crippen LogP contribution is -2.37. The molecule has 1 N–H and O–H groups in total. The predicted octanol–water partition coefficient (Wildman–Crippen LogP) is 1.74. The van der Waals surface area contributed by atoms with Crippen molar-refractivity contribution in [3.05, 3.63) is 35.4 Å². The Kier molecular flexibility index (Phi) is 5.31. The van der Waals surface area contributed by atoms with Crippen LogP contribution in [0, 0.1) is 0 Å². The van der Waals surface area contributed by atoms with Gasteiger partial charge >= 0.3 is 0 Å². The van der Waals surface area contributed by atoms with Crippen molar-refractivity contribution in [2.24, 2.45) is 0 Å². The minimum absolute atomic E-state index is 0.0210. The largest absolute Gasteiger partial charge is 0.392 e. The first-order chi connectivity index (χ1) is 8.40. The quantitative estimate of drug-likeness (QED) is 0.857. The number of hydrogen-bond donors (Lipinski definition) is 1. The van der Waals surface area contributed by atoms with Crippen LogP contribution in [-0.4, -0.2) is 30.4 Å². The summed E-state index contributed by atoms with van der Waals surface area (Å²) in [6, 6.07) is 7.00. The van der Waals surface area contributed by atoms with Crippen LogP contribution < -0.4 is 0 Å². The molecule has 0 heterocycles. The van der Waals surface area contributed by atoms with Crippen molar-refractivity contribution in [1.82, 2.24) is 4.31 Å². The SMILES string of the molecule is CCN(C(C)C)S(=O)(=O)Cc1cccc(CO)c1. The van der Waals surface area contributed by atoms with Crippen LogP contribution in [0.15, 0.2) is 24.3 Å². The van der Waals surface area contributed by atoms with Crippen molar-refractivity contribution in [1.29, 1.82) is 0 Å². The summed E-state index contributed by atoms with van der Waals surface area (Å²) >= 11 is 0. The summed E-state index contributed by atoms with van der Waals surface area (Å²) in [5.74, 6) is -0.0210. The Morgan fingerprint density at radius 1 is 1.28 bits per heavy atom. The minimum atomic E-state index is -3.30. The molecular weight excluding hydrogens is 250 g/mol. The molecule has 1 aromatic rings. The van der Waals surface area contributed by atoms with E-state index in [-0.39, 0.29) is 18.4 Å². The third-order valence-electron chi connectivity index (χ3n) is 2.77. The summed E-state index contributed by atoms with van der Waals surface area (Å²) in [5, 5.41) is 9.04. The molecule has 0 saturated heterocycles.